The van der Waals surface area contributed by atoms with Crippen molar-refractivity contribution < 1.29 is 14.6 Å². The fraction of sp³-hybridized carbons (Fsp3) is 0.875. The molecule has 1 N–H and O–H groups in total. The number of hydrogen-bond acceptors (Lipinski definition) is 3. The molecule has 1 saturated carbocycles. The Morgan fingerprint density at radius 3 is 3.08 bits per heavy atom. The van der Waals surface area contributed by atoms with Gasteiger partial charge < -0.3 is 9.84 Å². The SMILES string of the molecule is O=C1C[C@@H]2[C@@H](CO)C[C@@H](I)[C@@H]2O1. The highest BCUT2D eigenvalue weighted by atomic mass is 127. The van der Waals surface area contributed by atoms with Gasteiger partial charge in [0.2, 0.25) is 0 Å². The molecule has 12 heavy (non-hydrogen) atoms. The van der Waals surface area contributed by atoms with E-state index in [0.717, 1.165) is 6.42 Å². The lowest BCUT2D eigenvalue weighted by atomic mass is 9.94. The largest absolute Gasteiger partial charge is 0.461 e. The molecule has 0 unspecified atom stereocenters. The minimum Gasteiger partial charge on any atom is -0.461 e. The lowest BCUT2D eigenvalue weighted by Crippen LogP contribution is -2.19. The lowest BCUT2D eigenvalue weighted by Gasteiger charge is -2.12. The fourth-order valence-electron chi connectivity index (χ4n) is 2.18. The highest BCUT2D eigenvalue weighted by molar-refractivity contribution is 14.1. The molecule has 0 spiro atoms. The number of carbonyl (C=O) groups excluding carboxylic acids is 1. The monoisotopic (exact) mass is 282 g/mol. The van der Waals surface area contributed by atoms with Crippen LogP contribution in [0.5, 0.6) is 0 Å². The number of esters is 1. The molecule has 1 aliphatic heterocycles. The molecular weight excluding hydrogens is 271 g/mol. The Morgan fingerprint density at radius 2 is 2.42 bits per heavy atom. The molecule has 1 aliphatic carbocycles. The van der Waals surface area contributed by atoms with Gasteiger partial charge in [-0.25, -0.2) is 0 Å². The second kappa shape index (κ2) is 3.14. The van der Waals surface area contributed by atoms with E-state index in [2.05, 4.69) is 22.6 Å². The predicted molar refractivity (Wildman–Crippen MR) is 51.0 cm³/mol. The molecule has 68 valence electrons. The van der Waals surface area contributed by atoms with Crippen molar-refractivity contribution in [3.05, 3.63) is 0 Å². The molecule has 3 nitrogen and oxygen atoms in total. The second-order valence-corrected chi connectivity index (χ2v) is 5.12. The summed E-state index contributed by atoms with van der Waals surface area (Å²) in [5, 5.41) is 9.05. The summed E-state index contributed by atoms with van der Waals surface area (Å²) < 4.78 is 5.57. The number of halogens is 1. The summed E-state index contributed by atoms with van der Waals surface area (Å²) in [4.78, 5) is 11.0. The Bertz CT molecular complexity index is 206. The van der Waals surface area contributed by atoms with Crippen molar-refractivity contribution in [2.24, 2.45) is 11.8 Å². The normalized spacial score (nSPS) is 46.0. The molecule has 0 aromatic heterocycles. The van der Waals surface area contributed by atoms with E-state index in [-0.39, 0.29) is 30.5 Å². The minimum absolute atomic E-state index is 0.0789. The molecule has 0 aromatic rings. The third-order valence-electron chi connectivity index (χ3n) is 2.82. The summed E-state index contributed by atoms with van der Waals surface area (Å²) in [5.74, 6) is 0.470. The van der Waals surface area contributed by atoms with Gasteiger partial charge in [0, 0.05) is 16.4 Å². The van der Waals surface area contributed by atoms with E-state index in [1.807, 2.05) is 0 Å². The summed E-state index contributed by atoms with van der Waals surface area (Å²) >= 11 is 2.31. The van der Waals surface area contributed by atoms with Gasteiger partial charge in [-0.15, -0.1) is 0 Å². The molecule has 0 radical (unpaired) electrons. The van der Waals surface area contributed by atoms with Crippen molar-refractivity contribution in [1.29, 1.82) is 0 Å². The molecule has 0 bridgehead atoms. The summed E-state index contributed by atoms with van der Waals surface area (Å²) in [7, 11) is 0. The van der Waals surface area contributed by atoms with Crippen LogP contribution in [0.3, 0.4) is 0 Å². The van der Waals surface area contributed by atoms with Crippen LogP contribution < -0.4 is 0 Å². The van der Waals surface area contributed by atoms with Crippen molar-refractivity contribution in [2.75, 3.05) is 6.61 Å². The molecule has 2 aliphatic rings. The standard InChI is InChI=1S/C8H11IO3/c9-6-1-4(3-10)5-2-7(11)12-8(5)6/h4-6,8,10H,1-3H2/t4-,5-,6-,8-/m1/s1. The highest BCUT2D eigenvalue weighted by Gasteiger charge is 2.49. The molecule has 0 amide bonds. The molecule has 1 heterocycles. The topological polar surface area (TPSA) is 46.5 Å². The van der Waals surface area contributed by atoms with Crippen LogP contribution in [0, 0.1) is 11.8 Å². The van der Waals surface area contributed by atoms with Gasteiger partial charge in [0.25, 0.3) is 0 Å². The molecule has 4 atom stereocenters. The zero-order chi connectivity index (χ0) is 8.72. The van der Waals surface area contributed by atoms with Crippen molar-refractivity contribution in [3.8, 4) is 0 Å². The Balaban J connectivity index is 2.13. The summed E-state index contributed by atoms with van der Waals surface area (Å²) in [6.07, 6.45) is 1.57. The first kappa shape index (κ1) is 8.74. The Hall–Kier alpha value is 0.160. The quantitative estimate of drug-likeness (QED) is 0.438. The van der Waals surface area contributed by atoms with Gasteiger partial charge in [-0.05, 0) is 12.3 Å². The van der Waals surface area contributed by atoms with Crippen LogP contribution in [-0.4, -0.2) is 27.7 Å². The average molecular weight is 282 g/mol. The lowest BCUT2D eigenvalue weighted by molar-refractivity contribution is -0.141. The zero-order valence-electron chi connectivity index (χ0n) is 6.57. The average Bonchev–Trinajstić information content (AvgIpc) is 2.52. The third-order valence-corrected chi connectivity index (χ3v) is 4.03. The summed E-state index contributed by atoms with van der Waals surface area (Å²) in [6.45, 7) is 0.192. The second-order valence-electron chi connectivity index (χ2n) is 3.52. The number of aliphatic hydroxyl groups is 1. The van der Waals surface area contributed by atoms with Gasteiger partial charge in [0.05, 0.1) is 6.42 Å². The summed E-state index contributed by atoms with van der Waals surface area (Å²) in [6, 6.07) is 0. The number of rotatable bonds is 1. The van der Waals surface area contributed by atoms with Gasteiger partial charge in [0.1, 0.15) is 6.10 Å². The van der Waals surface area contributed by atoms with Gasteiger partial charge in [-0.1, -0.05) is 22.6 Å². The molecule has 1 saturated heterocycles. The van der Waals surface area contributed by atoms with Crippen LogP contribution in [0.25, 0.3) is 0 Å². The first-order valence-electron chi connectivity index (χ1n) is 4.16. The number of alkyl halides is 1. The predicted octanol–water partition coefficient (Wildman–Crippen LogP) is 0.734. The molecule has 2 fully saturated rings. The Kier molecular flexibility index (Phi) is 2.29. The van der Waals surface area contributed by atoms with Crippen molar-refractivity contribution in [1.82, 2.24) is 0 Å². The van der Waals surface area contributed by atoms with Crippen molar-refractivity contribution in [2.45, 2.75) is 22.9 Å². The first-order valence-corrected chi connectivity index (χ1v) is 5.41. The molecule has 0 aromatic carbocycles. The first-order chi connectivity index (χ1) is 5.72. The van der Waals surface area contributed by atoms with E-state index in [1.165, 1.54) is 0 Å². The van der Waals surface area contributed by atoms with Crippen LogP contribution >= 0.6 is 22.6 Å². The maximum absolute atomic E-state index is 11.0. The van der Waals surface area contributed by atoms with Gasteiger partial charge >= 0.3 is 5.97 Å². The number of carbonyl (C=O) groups is 1. The summed E-state index contributed by atoms with van der Waals surface area (Å²) in [5.41, 5.74) is 0. The molecular formula is C8H11IO3. The van der Waals surface area contributed by atoms with Crippen LogP contribution in [0.15, 0.2) is 0 Å². The highest BCUT2D eigenvalue weighted by Crippen LogP contribution is 2.44. The Labute approximate surface area is 84.6 Å². The van der Waals surface area contributed by atoms with Crippen molar-refractivity contribution in [3.63, 3.8) is 0 Å². The van der Waals surface area contributed by atoms with Gasteiger partial charge in [-0.3, -0.25) is 4.79 Å². The smallest absolute Gasteiger partial charge is 0.306 e. The van der Waals surface area contributed by atoms with Gasteiger partial charge in [-0.2, -0.15) is 0 Å². The minimum atomic E-state index is -0.0928. The van der Waals surface area contributed by atoms with Crippen LogP contribution in [-0.2, 0) is 9.53 Å². The van der Waals surface area contributed by atoms with E-state index in [4.69, 9.17) is 9.84 Å². The number of hydrogen-bond donors (Lipinski definition) is 1. The van der Waals surface area contributed by atoms with E-state index < -0.39 is 0 Å². The maximum atomic E-state index is 11.0. The number of aliphatic hydroxyl groups excluding tert-OH is 1. The number of fused-ring (bicyclic) bond motifs is 1. The zero-order valence-corrected chi connectivity index (χ0v) is 8.73. The van der Waals surface area contributed by atoms with E-state index in [0.29, 0.717) is 10.3 Å². The fourth-order valence-corrected chi connectivity index (χ4v) is 3.51. The van der Waals surface area contributed by atoms with Crippen LogP contribution in [0.4, 0.5) is 0 Å². The van der Waals surface area contributed by atoms with Gasteiger partial charge in [0.15, 0.2) is 0 Å². The van der Waals surface area contributed by atoms with E-state index in [9.17, 15) is 4.79 Å². The third kappa shape index (κ3) is 1.25. The van der Waals surface area contributed by atoms with E-state index >= 15 is 0 Å². The van der Waals surface area contributed by atoms with Crippen LogP contribution in [0.1, 0.15) is 12.8 Å². The van der Waals surface area contributed by atoms with Crippen molar-refractivity contribution >= 4 is 28.6 Å². The molecule has 2 rings (SSSR count). The number of ether oxygens (including phenoxy) is 1. The van der Waals surface area contributed by atoms with E-state index in [1.54, 1.807) is 0 Å². The van der Waals surface area contributed by atoms with Crippen LogP contribution in [0.2, 0.25) is 0 Å². The Morgan fingerprint density at radius 1 is 1.67 bits per heavy atom. The molecule has 4 heteroatoms. The maximum Gasteiger partial charge on any atom is 0.306 e.